The van der Waals surface area contributed by atoms with Gasteiger partial charge in [-0.15, -0.1) is 0 Å². The molecule has 0 aliphatic heterocycles. The van der Waals surface area contributed by atoms with Crippen LogP contribution in [0.15, 0.2) is 170 Å². The van der Waals surface area contributed by atoms with E-state index in [9.17, 15) is 19.5 Å². The Balaban J connectivity index is 4.01. The molecule has 0 aromatic carbocycles. The number of hydrogen-bond acceptors (Lipinski definition) is 7. The van der Waals surface area contributed by atoms with Crippen molar-refractivity contribution in [3.63, 3.8) is 0 Å². The lowest BCUT2D eigenvalue weighted by molar-refractivity contribution is -0.870. The number of allylic oxidation sites excluding steroid dienone is 28. The van der Waals surface area contributed by atoms with Crippen LogP contribution in [0, 0.1) is 0 Å². The number of nitrogens with zero attached hydrogens (tertiary/aromatic N) is 1. The van der Waals surface area contributed by atoms with Crippen molar-refractivity contribution in [3.05, 3.63) is 170 Å². The minimum atomic E-state index is -1.52. The predicted octanol–water partition coefficient (Wildman–Crippen LogP) is 28.5. The maximum Gasteiger partial charge on any atom is 0.361 e. The Morgan fingerprint density at radius 1 is 0.286 bits per heavy atom. The van der Waals surface area contributed by atoms with Gasteiger partial charge in [0.2, 0.25) is 0 Å². The number of aliphatic carboxylic acids is 1. The van der Waals surface area contributed by atoms with E-state index in [0.29, 0.717) is 23.9 Å². The number of ether oxygens (including phenoxy) is 4. The van der Waals surface area contributed by atoms with Gasteiger partial charge in [-0.3, -0.25) is 9.59 Å². The summed E-state index contributed by atoms with van der Waals surface area (Å²) in [6.45, 7) is 4.67. The number of likely N-dealkylation sites (N-methyl/N-ethyl adjacent to an activating group) is 1. The molecular formula is C96H162NO8+. The van der Waals surface area contributed by atoms with Gasteiger partial charge in [-0.2, -0.15) is 0 Å². The molecule has 0 aromatic heterocycles. The highest BCUT2D eigenvalue weighted by Crippen LogP contribution is 2.19. The van der Waals surface area contributed by atoms with Crippen LogP contribution in [0.4, 0.5) is 0 Å². The first kappa shape index (κ1) is 99.7. The van der Waals surface area contributed by atoms with Gasteiger partial charge in [0.15, 0.2) is 6.10 Å². The van der Waals surface area contributed by atoms with E-state index in [1.807, 2.05) is 21.1 Å². The van der Waals surface area contributed by atoms with E-state index < -0.39 is 24.3 Å². The molecule has 0 radical (unpaired) electrons. The van der Waals surface area contributed by atoms with Crippen molar-refractivity contribution >= 4 is 17.9 Å². The molecular weight excluding hydrogens is 1300 g/mol. The van der Waals surface area contributed by atoms with E-state index in [4.69, 9.17) is 18.9 Å². The number of hydrogen-bond donors (Lipinski definition) is 1. The molecule has 2 unspecified atom stereocenters. The van der Waals surface area contributed by atoms with Crippen molar-refractivity contribution in [1.82, 2.24) is 0 Å². The highest BCUT2D eigenvalue weighted by molar-refractivity contribution is 5.71. The molecule has 0 aliphatic rings. The molecule has 1 N–H and O–H groups in total. The molecule has 0 fully saturated rings. The van der Waals surface area contributed by atoms with Gasteiger partial charge in [0, 0.05) is 12.8 Å². The molecule has 0 bridgehead atoms. The lowest BCUT2D eigenvalue weighted by atomic mass is 10.0. The second-order valence-electron chi connectivity index (χ2n) is 29.7. The van der Waals surface area contributed by atoms with Crippen LogP contribution in [-0.4, -0.2) is 87.4 Å². The number of unbranched alkanes of at least 4 members (excludes halogenated alkanes) is 36. The molecule has 2 atom stereocenters. The molecule has 0 rings (SSSR count). The third-order valence-corrected chi connectivity index (χ3v) is 18.5. The molecule has 0 saturated heterocycles. The summed E-state index contributed by atoms with van der Waals surface area (Å²) >= 11 is 0. The number of carbonyl (C=O) groups excluding carboxylic acids is 2. The standard InChI is InChI=1S/C96H161NO8/c1-6-8-10-12-14-16-18-20-22-24-26-28-30-32-34-36-38-40-42-44-46-47-49-50-52-54-56-58-60-62-64-66-68-70-72-74-76-78-80-82-84-86-93(98)103-90-92(91-104-96(95(100)101)102-89-88-97(3,4)5)105-94(99)87-85-83-81-79-77-75-73-71-69-67-65-63-61-59-57-55-53-51-48-45-43-41-39-37-35-33-31-29-27-25-23-21-19-17-15-13-11-9-7-2/h8-11,14-17,20-23,26-29,32-35,39,41,45,48,53,55,59,61,92,96H,6-7,12-13,18-19,24-25,30-31,36-38,40,42-44,46-47,49-52,54,56-58,60,62-91H2,1-5H3/p+1/b10-8-,11-9-,16-14-,17-15-,22-20-,23-21-,28-26-,29-27-,34-32-,35-33-,41-39-,48-45-,55-53-,61-59-. The van der Waals surface area contributed by atoms with E-state index >= 15 is 0 Å². The highest BCUT2D eigenvalue weighted by atomic mass is 16.7. The normalized spacial score (nSPS) is 13.5. The summed E-state index contributed by atoms with van der Waals surface area (Å²) in [5, 5.41) is 9.79. The average Bonchev–Trinajstić information content (AvgIpc) is 1.97. The van der Waals surface area contributed by atoms with Crippen LogP contribution in [0.1, 0.15) is 361 Å². The van der Waals surface area contributed by atoms with Crippen molar-refractivity contribution < 1.29 is 42.9 Å². The van der Waals surface area contributed by atoms with Crippen molar-refractivity contribution in [2.24, 2.45) is 0 Å². The monoisotopic (exact) mass is 1460 g/mol. The van der Waals surface area contributed by atoms with Crippen molar-refractivity contribution in [2.45, 2.75) is 373 Å². The summed E-state index contributed by atoms with van der Waals surface area (Å²) in [4.78, 5) is 37.8. The number of carbonyl (C=O) groups is 3. The Morgan fingerprint density at radius 3 is 0.762 bits per heavy atom. The minimum Gasteiger partial charge on any atom is -0.477 e. The Hall–Kier alpha value is -5.35. The van der Waals surface area contributed by atoms with Crippen LogP contribution in [-0.2, 0) is 33.3 Å². The molecule has 0 saturated carbocycles. The molecule has 598 valence electrons. The largest absolute Gasteiger partial charge is 0.477 e. The molecule has 0 heterocycles. The van der Waals surface area contributed by atoms with E-state index in [2.05, 4.69) is 184 Å². The molecule has 9 heteroatoms. The predicted molar refractivity (Wildman–Crippen MR) is 456 cm³/mol. The number of carboxylic acid groups (broad SMARTS) is 1. The zero-order chi connectivity index (χ0) is 76.0. The fourth-order valence-corrected chi connectivity index (χ4v) is 12.0. The number of esters is 2. The van der Waals surface area contributed by atoms with Gasteiger partial charge in [-0.05, 0) is 128 Å². The SMILES string of the molecule is CC/C=C\C/C=C\C/C=C\C/C=C\C/C=C\C/C=C\C/C=C\C/C=C\C/C=C\CCCCCCCCCCCCCC(=O)OC(COC(=O)CCCCCCCCCCCCCCCCCCCCCCCCCCC/C=C\C/C=C\C/C=C\C/C=C\C/C=C\CC)COC(OCC[N+](C)(C)C)C(=O)O. The van der Waals surface area contributed by atoms with Crippen LogP contribution < -0.4 is 0 Å². The van der Waals surface area contributed by atoms with Gasteiger partial charge in [-0.25, -0.2) is 4.79 Å². The number of rotatable bonds is 79. The van der Waals surface area contributed by atoms with E-state index in [0.717, 1.165) is 135 Å². The molecule has 105 heavy (non-hydrogen) atoms. The molecule has 0 aromatic rings. The number of quaternary nitrogens is 1. The topological polar surface area (TPSA) is 108 Å². The Labute approximate surface area is 647 Å². The lowest BCUT2D eigenvalue weighted by Gasteiger charge is -2.25. The van der Waals surface area contributed by atoms with Gasteiger partial charge < -0.3 is 28.5 Å². The van der Waals surface area contributed by atoms with Gasteiger partial charge in [-0.1, -0.05) is 389 Å². The van der Waals surface area contributed by atoms with Crippen LogP contribution in [0.25, 0.3) is 0 Å². The summed E-state index contributed by atoms with van der Waals surface area (Å²) in [6, 6.07) is 0. The van der Waals surface area contributed by atoms with Gasteiger partial charge in [0.05, 0.1) is 34.4 Å². The summed E-state index contributed by atoms with van der Waals surface area (Å²) in [6.07, 6.45) is 124. The lowest BCUT2D eigenvalue weighted by Crippen LogP contribution is -2.40. The summed E-state index contributed by atoms with van der Waals surface area (Å²) in [5.41, 5.74) is 0. The smallest absolute Gasteiger partial charge is 0.361 e. The Kier molecular flexibility index (Phi) is 80.0. The van der Waals surface area contributed by atoms with Crippen LogP contribution >= 0.6 is 0 Å². The molecule has 9 nitrogen and oxygen atoms in total. The van der Waals surface area contributed by atoms with Crippen LogP contribution in [0.5, 0.6) is 0 Å². The summed E-state index contributed by atoms with van der Waals surface area (Å²) in [5.74, 6) is -2.00. The quantitative estimate of drug-likeness (QED) is 0.0211. The van der Waals surface area contributed by atoms with Gasteiger partial charge in [0.25, 0.3) is 6.29 Å². The first-order valence-corrected chi connectivity index (χ1v) is 43.3. The summed E-state index contributed by atoms with van der Waals surface area (Å²) < 4.78 is 23.1. The van der Waals surface area contributed by atoms with Crippen molar-refractivity contribution in [3.8, 4) is 0 Å². The fourth-order valence-electron chi connectivity index (χ4n) is 12.0. The fraction of sp³-hybridized carbons (Fsp3) is 0.677. The van der Waals surface area contributed by atoms with E-state index in [1.54, 1.807) is 0 Å². The van der Waals surface area contributed by atoms with Crippen molar-refractivity contribution in [2.75, 3.05) is 47.5 Å². The van der Waals surface area contributed by atoms with Gasteiger partial charge >= 0.3 is 17.9 Å². The average molecular weight is 1460 g/mol. The first-order chi connectivity index (χ1) is 51.6. The maximum atomic E-state index is 13.0. The van der Waals surface area contributed by atoms with E-state index in [1.165, 1.54) is 193 Å². The second-order valence-corrected chi connectivity index (χ2v) is 29.7. The molecule has 0 amide bonds. The van der Waals surface area contributed by atoms with Crippen LogP contribution in [0.3, 0.4) is 0 Å². The first-order valence-electron chi connectivity index (χ1n) is 43.3. The van der Waals surface area contributed by atoms with Crippen molar-refractivity contribution in [1.29, 1.82) is 0 Å². The zero-order valence-corrected chi connectivity index (χ0v) is 68.6. The molecule has 0 aliphatic carbocycles. The highest BCUT2D eigenvalue weighted by Gasteiger charge is 2.25. The Bertz CT molecular complexity index is 2350. The third-order valence-electron chi connectivity index (χ3n) is 18.5. The Morgan fingerprint density at radius 2 is 0.514 bits per heavy atom. The third kappa shape index (κ3) is 85.8. The van der Waals surface area contributed by atoms with Gasteiger partial charge in [0.1, 0.15) is 13.2 Å². The second kappa shape index (κ2) is 84.3. The minimum absolute atomic E-state index is 0.182. The maximum absolute atomic E-state index is 13.0. The zero-order valence-electron chi connectivity index (χ0n) is 68.6. The number of carboxylic acids is 1. The summed E-state index contributed by atoms with van der Waals surface area (Å²) in [7, 11) is 5.99. The van der Waals surface area contributed by atoms with Crippen LogP contribution in [0.2, 0.25) is 0 Å². The van der Waals surface area contributed by atoms with E-state index in [-0.39, 0.29) is 32.2 Å². The molecule has 0 spiro atoms.